The summed E-state index contributed by atoms with van der Waals surface area (Å²) in [4.78, 5) is 0. The van der Waals surface area contributed by atoms with E-state index in [1.165, 1.54) is 0 Å². The van der Waals surface area contributed by atoms with Crippen molar-refractivity contribution in [2.24, 2.45) is 11.8 Å². The Morgan fingerprint density at radius 1 is 0.789 bits per heavy atom. The Morgan fingerprint density at radius 3 is 1.89 bits per heavy atom. The smallest absolute Gasteiger partial charge is 0.389 e. The van der Waals surface area contributed by atoms with Gasteiger partial charge in [-0.25, -0.2) is 0 Å². The normalized spacial score (nSPS) is 35.7. The van der Waals surface area contributed by atoms with Gasteiger partial charge in [-0.05, 0) is 31.6 Å². The highest BCUT2D eigenvalue weighted by Gasteiger charge is 2.55. The summed E-state index contributed by atoms with van der Waals surface area (Å²) in [6.45, 7) is 0. The molecule has 0 spiro atoms. The van der Waals surface area contributed by atoms with Crippen molar-refractivity contribution in [2.45, 2.75) is 82.4 Å². The topological polar surface area (TPSA) is 20.2 Å². The SMILES string of the molecule is OC1(C2CCCCCC2)CCCCCC1C(F)(F)F. The lowest BCUT2D eigenvalue weighted by Gasteiger charge is -2.42. The Bertz CT molecular complexity index is 282. The predicted molar refractivity (Wildman–Crippen MR) is 68.8 cm³/mol. The van der Waals surface area contributed by atoms with Crippen LogP contribution >= 0.6 is 0 Å². The van der Waals surface area contributed by atoms with Crippen LogP contribution in [0.2, 0.25) is 0 Å². The first kappa shape index (κ1) is 15.1. The molecule has 0 aromatic carbocycles. The van der Waals surface area contributed by atoms with Crippen molar-refractivity contribution in [3.8, 4) is 0 Å². The van der Waals surface area contributed by atoms with Gasteiger partial charge in [0.25, 0.3) is 0 Å². The molecule has 0 aliphatic heterocycles. The second-order valence-corrected chi connectivity index (χ2v) is 6.37. The zero-order chi connectivity index (χ0) is 13.9. The summed E-state index contributed by atoms with van der Waals surface area (Å²) < 4.78 is 39.9. The van der Waals surface area contributed by atoms with Crippen LogP contribution in [-0.2, 0) is 0 Å². The van der Waals surface area contributed by atoms with Gasteiger partial charge in [0, 0.05) is 0 Å². The molecule has 2 aliphatic carbocycles. The van der Waals surface area contributed by atoms with Crippen LogP contribution in [0.15, 0.2) is 0 Å². The molecule has 0 saturated heterocycles. The number of aliphatic hydroxyl groups is 1. The molecule has 2 unspecified atom stereocenters. The molecule has 1 nitrogen and oxygen atoms in total. The van der Waals surface area contributed by atoms with E-state index in [9.17, 15) is 18.3 Å². The molecule has 0 amide bonds. The molecular weight excluding hydrogens is 253 g/mol. The second kappa shape index (κ2) is 6.02. The van der Waals surface area contributed by atoms with Crippen molar-refractivity contribution in [1.82, 2.24) is 0 Å². The summed E-state index contributed by atoms with van der Waals surface area (Å²) in [7, 11) is 0. The Labute approximate surface area is 113 Å². The van der Waals surface area contributed by atoms with Crippen molar-refractivity contribution in [1.29, 1.82) is 0 Å². The Morgan fingerprint density at radius 2 is 1.32 bits per heavy atom. The molecule has 0 heterocycles. The summed E-state index contributed by atoms with van der Waals surface area (Å²) in [5.41, 5.74) is -1.50. The van der Waals surface area contributed by atoms with Crippen molar-refractivity contribution < 1.29 is 18.3 Å². The fourth-order valence-electron chi connectivity index (χ4n) is 4.07. The Balaban J connectivity index is 2.22. The van der Waals surface area contributed by atoms with Crippen LogP contribution in [0, 0.1) is 11.8 Å². The van der Waals surface area contributed by atoms with Gasteiger partial charge < -0.3 is 5.11 Å². The molecule has 2 atom stereocenters. The summed E-state index contributed by atoms with van der Waals surface area (Å²) in [5, 5.41) is 10.9. The number of hydrogen-bond donors (Lipinski definition) is 1. The first-order chi connectivity index (χ1) is 8.94. The number of alkyl halides is 3. The maximum atomic E-state index is 13.3. The molecule has 0 bridgehead atoms. The van der Waals surface area contributed by atoms with Gasteiger partial charge in [0.05, 0.1) is 11.5 Å². The third-order valence-electron chi connectivity index (χ3n) is 5.13. The molecule has 4 heteroatoms. The first-order valence-corrected chi connectivity index (χ1v) is 7.73. The first-order valence-electron chi connectivity index (χ1n) is 7.73. The van der Waals surface area contributed by atoms with Crippen LogP contribution in [0.5, 0.6) is 0 Å². The third kappa shape index (κ3) is 3.45. The van der Waals surface area contributed by atoms with Crippen molar-refractivity contribution in [3.05, 3.63) is 0 Å². The van der Waals surface area contributed by atoms with Crippen LogP contribution in [0.1, 0.15) is 70.6 Å². The van der Waals surface area contributed by atoms with E-state index in [4.69, 9.17) is 0 Å². The number of halogens is 3. The van der Waals surface area contributed by atoms with E-state index < -0.39 is 17.7 Å². The van der Waals surface area contributed by atoms with Crippen LogP contribution in [-0.4, -0.2) is 16.9 Å². The summed E-state index contributed by atoms with van der Waals surface area (Å²) in [6, 6.07) is 0. The van der Waals surface area contributed by atoms with Crippen molar-refractivity contribution in [2.75, 3.05) is 0 Å². The van der Waals surface area contributed by atoms with Crippen LogP contribution in [0.4, 0.5) is 13.2 Å². The fraction of sp³-hybridized carbons (Fsp3) is 1.00. The monoisotopic (exact) mass is 278 g/mol. The van der Waals surface area contributed by atoms with Crippen LogP contribution in [0.25, 0.3) is 0 Å². The van der Waals surface area contributed by atoms with Crippen LogP contribution in [0.3, 0.4) is 0 Å². The fourth-order valence-corrected chi connectivity index (χ4v) is 4.07. The van der Waals surface area contributed by atoms with Gasteiger partial charge >= 0.3 is 6.18 Å². The van der Waals surface area contributed by atoms with Gasteiger partial charge in [0.1, 0.15) is 0 Å². The van der Waals surface area contributed by atoms with Gasteiger partial charge in [-0.3, -0.25) is 0 Å². The van der Waals surface area contributed by atoms with E-state index >= 15 is 0 Å². The Hall–Kier alpha value is -0.250. The van der Waals surface area contributed by atoms with Gasteiger partial charge in [-0.15, -0.1) is 0 Å². The van der Waals surface area contributed by atoms with Gasteiger partial charge in [-0.2, -0.15) is 13.2 Å². The van der Waals surface area contributed by atoms with E-state index in [-0.39, 0.29) is 12.3 Å². The molecule has 2 saturated carbocycles. The van der Waals surface area contributed by atoms with Gasteiger partial charge in [0.15, 0.2) is 0 Å². The molecule has 0 aromatic heterocycles. The largest absolute Gasteiger partial charge is 0.394 e. The standard InChI is InChI=1S/C15H25F3O/c16-15(17,18)13-10-6-3-7-11-14(13,19)12-8-4-1-2-5-9-12/h12-13,19H,1-11H2. The van der Waals surface area contributed by atoms with E-state index in [0.717, 1.165) is 51.4 Å². The zero-order valence-corrected chi connectivity index (χ0v) is 11.5. The van der Waals surface area contributed by atoms with Crippen LogP contribution < -0.4 is 0 Å². The van der Waals surface area contributed by atoms with Gasteiger partial charge in [-0.1, -0.05) is 44.9 Å². The zero-order valence-electron chi connectivity index (χ0n) is 11.5. The minimum Gasteiger partial charge on any atom is -0.389 e. The average molecular weight is 278 g/mol. The minimum absolute atomic E-state index is 0.108. The Kier molecular flexibility index (Phi) is 4.80. The predicted octanol–water partition coefficient (Wildman–Crippen LogP) is 4.83. The highest BCUT2D eigenvalue weighted by molar-refractivity contribution is 4.97. The quantitative estimate of drug-likeness (QED) is 0.681. The molecule has 1 N–H and O–H groups in total. The van der Waals surface area contributed by atoms with E-state index in [0.29, 0.717) is 12.8 Å². The molecule has 2 aliphatic rings. The highest BCUT2D eigenvalue weighted by Crippen LogP contribution is 2.49. The maximum Gasteiger partial charge on any atom is 0.394 e. The van der Waals surface area contributed by atoms with E-state index in [2.05, 4.69) is 0 Å². The molecular formula is C15H25F3O. The minimum atomic E-state index is -4.26. The van der Waals surface area contributed by atoms with E-state index in [1.54, 1.807) is 0 Å². The molecule has 0 radical (unpaired) electrons. The number of rotatable bonds is 1. The third-order valence-corrected chi connectivity index (χ3v) is 5.13. The molecule has 19 heavy (non-hydrogen) atoms. The highest BCUT2D eigenvalue weighted by atomic mass is 19.4. The lowest BCUT2D eigenvalue weighted by atomic mass is 9.70. The summed E-state index contributed by atoms with van der Waals surface area (Å²) in [6.07, 6.45) is 4.01. The molecule has 2 rings (SSSR count). The maximum absolute atomic E-state index is 13.3. The summed E-state index contributed by atoms with van der Waals surface area (Å²) in [5.74, 6) is -1.66. The van der Waals surface area contributed by atoms with Crippen molar-refractivity contribution >= 4 is 0 Å². The van der Waals surface area contributed by atoms with Gasteiger partial charge in [0.2, 0.25) is 0 Å². The second-order valence-electron chi connectivity index (χ2n) is 6.37. The molecule has 0 aromatic rings. The summed E-state index contributed by atoms with van der Waals surface area (Å²) >= 11 is 0. The molecule has 2 fully saturated rings. The lowest BCUT2D eigenvalue weighted by molar-refractivity contribution is -0.242. The lowest BCUT2D eigenvalue weighted by Crippen LogP contribution is -2.50. The molecule has 112 valence electrons. The average Bonchev–Trinajstić information content (AvgIpc) is 2.68. The van der Waals surface area contributed by atoms with E-state index in [1.807, 2.05) is 0 Å². The number of hydrogen-bond acceptors (Lipinski definition) is 1. The van der Waals surface area contributed by atoms with Crippen molar-refractivity contribution in [3.63, 3.8) is 0 Å².